The van der Waals surface area contributed by atoms with Gasteiger partial charge in [-0.1, -0.05) is 23.2 Å². The van der Waals surface area contributed by atoms with E-state index < -0.39 is 6.10 Å². The number of aliphatic hydroxyl groups is 1. The molecule has 0 aliphatic carbocycles. The molecule has 1 aromatic carbocycles. The lowest BCUT2D eigenvalue weighted by Gasteiger charge is -2.26. The van der Waals surface area contributed by atoms with Crippen molar-refractivity contribution in [2.75, 3.05) is 6.54 Å². The standard InChI is InChI=1S/C15H16Cl2FN3O/c16-10-5-12-14(6-11(10)17)21(8-20-12)7-9(18)4-13-15(22)2-1-3-19-13/h4-6,8,13,15,19,22H,1-3,7H2/b9-4-. The Morgan fingerprint density at radius 2 is 2.23 bits per heavy atom. The fraction of sp³-hybridized carbons (Fsp3) is 0.400. The van der Waals surface area contributed by atoms with E-state index in [0.29, 0.717) is 22.0 Å². The summed E-state index contributed by atoms with van der Waals surface area (Å²) in [5.74, 6) is -0.330. The van der Waals surface area contributed by atoms with Crippen LogP contribution in [0.25, 0.3) is 11.0 Å². The minimum Gasteiger partial charge on any atom is -0.391 e. The van der Waals surface area contributed by atoms with E-state index in [2.05, 4.69) is 10.3 Å². The van der Waals surface area contributed by atoms with Crippen LogP contribution in [-0.2, 0) is 6.54 Å². The molecule has 7 heteroatoms. The fourth-order valence-corrected chi connectivity index (χ4v) is 2.97. The van der Waals surface area contributed by atoms with Crippen molar-refractivity contribution in [2.24, 2.45) is 0 Å². The van der Waals surface area contributed by atoms with Gasteiger partial charge in [-0.05, 0) is 37.6 Å². The number of nitrogens with one attached hydrogen (secondary N) is 1. The van der Waals surface area contributed by atoms with Crippen molar-refractivity contribution in [3.05, 3.63) is 40.4 Å². The van der Waals surface area contributed by atoms with Crippen LogP contribution in [0.4, 0.5) is 4.39 Å². The smallest absolute Gasteiger partial charge is 0.117 e. The van der Waals surface area contributed by atoms with Crippen molar-refractivity contribution in [3.63, 3.8) is 0 Å². The number of hydrogen-bond donors (Lipinski definition) is 2. The molecular formula is C15H16Cl2FN3O. The summed E-state index contributed by atoms with van der Waals surface area (Å²) in [6.45, 7) is 0.826. The molecule has 2 heterocycles. The third-order valence-electron chi connectivity index (χ3n) is 3.82. The number of piperidine rings is 1. The second-order valence-corrected chi connectivity index (χ2v) is 6.24. The van der Waals surface area contributed by atoms with Gasteiger partial charge in [0, 0.05) is 0 Å². The van der Waals surface area contributed by atoms with Gasteiger partial charge in [0.05, 0.1) is 46.1 Å². The summed E-state index contributed by atoms with van der Waals surface area (Å²) in [4.78, 5) is 4.20. The zero-order valence-electron chi connectivity index (χ0n) is 11.8. The Kier molecular flexibility index (Phi) is 4.68. The summed E-state index contributed by atoms with van der Waals surface area (Å²) in [5, 5.41) is 13.8. The maximum atomic E-state index is 14.2. The number of nitrogens with zero attached hydrogens (tertiary/aromatic N) is 2. The molecule has 1 aliphatic rings. The molecule has 0 amide bonds. The maximum Gasteiger partial charge on any atom is 0.117 e. The molecule has 22 heavy (non-hydrogen) atoms. The van der Waals surface area contributed by atoms with E-state index in [1.54, 1.807) is 23.0 Å². The Labute approximate surface area is 137 Å². The van der Waals surface area contributed by atoms with Crippen LogP contribution in [-0.4, -0.2) is 33.3 Å². The lowest BCUT2D eigenvalue weighted by molar-refractivity contribution is 0.114. The van der Waals surface area contributed by atoms with Gasteiger partial charge in [0.1, 0.15) is 5.83 Å². The third kappa shape index (κ3) is 3.27. The summed E-state index contributed by atoms with van der Waals surface area (Å²) in [7, 11) is 0. The molecule has 3 rings (SSSR count). The Morgan fingerprint density at radius 3 is 3.00 bits per heavy atom. The molecule has 2 N–H and O–H groups in total. The van der Waals surface area contributed by atoms with Crippen molar-refractivity contribution in [3.8, 4) is 0 Å². The predicted molar refractivity (Wildman–Crippen MR) is 86.0 cm³/mol. The quantitative estimate of drug-likeness (QED) is 0.898. The van der Waals surface area contributed by atoms with Gasteiger partial charge in [-0.3, -0.25) is 0 Å². The monoisotopic (exact) mass is 343 g/mol. The van der Waals surface area contributed by atoms with Crippen molar-refractivity contribution in [1.29, 1.82) is 0 Å². The van der Waals surface area contributed by atoms with Crippen LogP contribution in [0.3, 0.4) is 0 Å². The van der Waals surface area contributed by atoms with E-state index in [1.165, 1.54) is 6.08 Å². The van der Waals surface area contributed by atoms with Crippen molar-refractivity contribution in [1.82, 2.24) is 14.9 Å². The van der Waals surface area contributed by atoms with Gasteiger partial charge in [0.25, 0.3) is 0 Å². The summed E-state index contributed by atoms with van der Waals surface area (Å²) in [6, 6.07) is 2.98. The molecule has 0 radical (unpaired) electrons. The van der Waals surface area contributed by atoms with Crippen molar-refractivity contribution in [2.45, 2.75) is 31.5 Å². The molecule has 2 atom stereocenters. The van der Waals surface area contributed by atoms with Gasteiger partial charge in [-0.15, -0.1) is 0 Å². The summed E-state index contributed by atoms with van der Waals surface area (Å²) >= 11 is 11.9. The summed E-state index contributed by atoms with van der Waals surface area (Å²) in [6.07, 6.45) is 4.03. The lowest BCUT2D eigenvalue weighted by atomic mass is 10.0. The first-order valence-corrected chi connectivity index (χ1v) is 7.87. The number of aliphatic hydroxyl groups excluding tert-OH is 1. The van der Waals surface area contributed by atoms with E-state index in [0.717, 1.165) is 18.5 Å². The van der Waals surface area contributed by atoms with E-state index in [1.807, 2.05) is 0 Å². The van der Waals surface area contributed by atoms with E-state index >= 15 is 0 Å². The molecule has 1 saturated heterocycles. The summed E-state index contributed by atoms with van der Waals surface area (Å²) in [5.41, 5.74) is 1.38. The third-order valence-corrected chi connectivity index (χ3v) is 4.54. The molecule has 2 unspecified atom stereocenters. The second-order valence-electron chi connectivity index (χ2n) is 5.43. The minimum atomic E-state index is -0.549. The van der Waals surface area contributed by atoms with Crippen LogP contribution in [0, 0.1) is 0 Å². The number of imidazole rings is 1. The number of aromatic nitrogens is 2. The zero-order valence-corrected chi connectivity index (χ0v) is 13.3. The Balaban J connectivity index is 1.81. The normalized spacial score (nSPS) is 23.2. The summed E-state index contributed by atoms with van der Waals surface area (Å²) < 4.78 is 15.9. The van der Waals surface area contributed by atoms with Crippen LogP contribution in [0.5, 0.6) is 0 Å². The largest absolute Gasteiger partial charge is 0.391 e. The minimum absolute atomic E-state index is 0.0410. The highest BCUT2D eigenvalue weighted by molar-refractivity contribution is 6.42. The van der Waals surface area contributed by atoms with Crippen molar-refractivity contribution < 1.29 is 9.50 Å². The van der Waals surface area contributed by atoms with E-state index in [9.17, 15) is 9.50 Å². The highest BCUT2D eigenvalue weighted by Crippen LogP contribution is 2.27. The zero-order chi connectivity index (χ0) is 15.7. The van der Waals surface area contributed by atoms with Crippen LogP contribution >= 0.6 is 23.2 Å². The number of hydrogen-bond acceptors (Lipinski definition) is 3. The Bertz CT molecular complexity index is 716. The van der Waals surface area contributed by atoms with Gasteiger partial charge in [0.2, 0.25) is 0 Å². The van der Waals surface area contributed by atoms with Gasteiger partial charge < -0.3 is 15.0 Å². The van der Waals surface area contributed by atoms with Gasteiger partial charge in [-0.2, -0.15) is 0 Å². The molecule has 2 aromatic rings. The molecule has 1 fully saturated rings. The molecular weight excluding hydrogens is 328 g/mol. The number of rotatable bonds is 3. The molecule has 1 aromatic heterocycles. The molecule has 0 bridgehead atoms. The first-order chi connectivity index (χ1) is 10.5. The van der Waals surface area contributed by atoms with E-state index in [4.69, 9.17) is 23.2 Å². The first kappa shape index (κ1) is 15.7. The van der Waals surface area contributed by atoms with Crippen LogP contribution < -0.4 is 5.32 Å². The highest BCUT2D eigenvalue weighted by Gasteiger charge is 2.21. The van der Waals surface area contributed by atoms with Gasteiger partial charge in [0.15, 0.2) is 0 Å². The average Bonchev–Trinajstić information content (AvgIpc) is 2.84. The predicted octanol–water partition coefficient (Wildman–Crippen LogP) is 3.31. The van der Waals surface area contributed by atoms with Gasteiger partial charge >= 0.3 is 0 Å². The van der Waals surface area contributed by atoms with Crippen LogP contribution in [0.2, 0.25) is 10.0 Å². The maximum absolute atomic E-state index is 14.2. The SMILES string of the molecule is OC1CCCNC1/C=C(\F)Cn1cnc2cc(Cl)c(Cl)cc21. The van der Waals surface area contributed by atoms with E-state index in [-0.39, 0.29) is 18.4 Å². The Hall–Kier alpha value is -1.14. The molecule has 1 aliphatic heterocycles. The Morgan fingerprint density at radius 1 is 1.45 bits per heavy atom. The first-order valence-electron chi connectivity index (χ1n) is 7.12. The fourth-order valence-electron chi connectivity index (χ4n) is 2.66. The average molecular weight is 344 g/mol. The lowest BCUT2D eigenvalue weighted by Crippen LogP contribution is -2.43. The second kappa shape index (κ2) is 6.54. The molecule has 118 valence electrons. The highest BCUT2D eigenvalue weighted by atomic mass is 35.5. The number of benzene rings is 1. The van der Waals surface area contributed by atoms with Gasteiger partial charge in [-0.25, -0.2) is 9.37 Å². The molecule has 4 nitrogen and oxygen atoms in total. The molecule has 0 spiro atoms. The van der Waals surface area contributed by atoms with Crippen molar-refractivity contribution >= 4 is 34.2 Å². The number of halogens is 3. The van der Waals surface area contributed by atoms with Crippen LogP contribution in [0.1, 0.15) is 12.8 Å². The van der Waals surface area contributed by atoms with Crippen LogP contribution in [0.15, 0.2) is 30.4 Å². The molecule has 0 saturated carbocycles. The number of fused-ring (bicyclic) bond motifs is 1. The topological polar surface area (TPSA) is 50.1 Å². The number of allylic oxidation sites excluding steroid dienone is 1.